The molecule has 0 spiro atoms. The van der Waals surface area contributed by atoms with Gasteiger partial charge in [-0.25, -0.2) is 8.42 Å². The third-order valence-corrected chi connectivity index (χ3v) is 2.69. The molecule has 1 aromatic heterocycles. The van der Waals surface area contributed by atoms with Gasteiger partial charge in [0.2, 0.25) is 5.91 Å². The molecule has 0 saturated heterocycles. The minimum absolute atomic E-state index is 0.00329. The quantitative estimate of drug-likeness (QED) is 0.712. The summed E-state index contributed by atoms with van der Waals surface area (Å²) in [5.74, 6) is -0.397. The van der Waals surface area contributed by atoms with Gasteiger partial charge in [0.25, 0.3) is 0 Å². The maximum Gasteiger partial charge on any atom is 0.221 e. The number of nitrogens with zero attached hydrogens (tertiary/aromatic N) is 1. The first-order valence-electron chi connectivity index (χ1n) is 4.39. The first-order chi connectivity index (χ1) is 6.97. The van der Waals surface area contributed by atoms with Gasteiger partial charge in [-0.1, -0.05) is 0 Å². The van der Waals surface area contributed by atoms with Gasteiger partial charge >= 0.3 is 0 Å². The van der Waals surface area contributed by atoms with Crippen molar-refractivity contribution in [3.63, 3.8) is 0 Å². The smallest absolute Gasteiger partial charge is 0.221 e. The number of carbonyl (C=O) groups is 1. The zero-order valence-electron chi connectivity index (χ0n) is 8.36. The molecule has 0 saturated carbocycles. The lowest BCUT2D eigenvalue weighted by Gasteiger charge is -2.02. The van der Waals surface area contributed by atoms with Crippen LogP contribution >= 0.6 is 0 Å². The van der Waals surface area contributed by atoms with E-state index in [4.69, 9.17) is 0 Å². The van der Waals surface area contributed by atoms with E-state index in [1.54, 1.807) is 12.4 Å². The molecule has 84 valence electrons. The number of nitrogens with one attached hydrogen (secondary N) is 2. The standard InChI is InChI=1S/C8H13N3O3S/c1-15(13,14)3-2-8(12)9-4-7-5-10-11-6-7/h5-6H,2-4H2,1H3,(H,9,12)(H,10,11). The summed E-state index contributed by atoms with van der Waals surface area (Å²) in [6.07, 6.45) is 4.36. The van der Waals surface area contributed by atoms with Crippen molar-refractivity contribution < 1.29 is 13.2 Å². The maximum absolute atomic E-state index is 11.2. The van der Waals surface area contributed by atoms with E-state index in [1.165, 1.54) is 0 Å². The average Bonchev–Trinajstić information content (AvgIpc) is 2.62. The molecule has 1 rings (SSSR count). The number of aromatic nitrogens is 2. The van der Waals surface area contributed by atoms with E-state index in [2.05, 4.69) is 15.5 Å². The van der Waals surface area contributed by atoms with Crippen molar-refractivity contribution in [3.8, 4) is 0 Å². The van der Waals surface area contributed by atoms with E-state index in [1.807, 2.05) is 0 Å². The number of carbonyl (C=O) groups excluding carboxylic acids is 1. The fourth-order valence-corrected chi connectivity index (χ4v) is 1.50. The number of rotatable bonds is 5. The Labute approximate surface area is 88.0 Å². The van der Waals surface area contributed by atoms with Crippen LogP contribution in [-0.2, 0) is 21.2 Å². The lowest BCUT2D eigenvalue weighted by Crippen LogP contribution is -2.24. The first-order valence-corrected chi connectivity index (χ1v) is 6.45. The van der Waals surface area contributed by atoms with Gasteiger partial charge in [-0.2, -0.15) is 5.10 Å². The molecule has 0 fully saturated rings. The Morgan fingerprint density at radius 2 is 2.33 bits per heavy atom. The number of amides is 1. The molecule has 1 aromatic rings. The van der Waals surface area contributed by atoms with Crippen LogP contribution < -0.4 is 5.32 Å². The average molecular weight is 231 g/mol. The summed E-state index contributed by atoms with van der Waals surface area (Å²) in [5, 5.41) is 8.92. The maximum atomic E-state index is 11.2. The van der Waals surface area contributed by atoms with Gasteiger partial charge < -0.3 is 5.32 Å². The van der Waals surface area contributed by atoms with Gasteiger partial charge in [0, 0.05) is 31.0 Å². The molecule has 0 atom stereocenters. The summed E-state index contributed by atoms with van der Waals surface area (Å²) in [6, 6.07) is 0. The van der Waals surface area contributed by atoms with Crippen LogP contribution in [-0.4, -0.2) is 36.5 Å². The van der Waals surface area contributed by atoms with Crippen molar-refractivity contribution in [1.82, 2.24) is 15.5 Å². The Hall–Kier alpha value is -1.37. The highest BCUT2D eigenvalue weighted by Gasteiger charge is 2.07. The Morgan fingerprint density at radius 3 is 2.87 bits per heavy atom. The van der Waals surface area contributed by atoms with Crippen molar-refractivity contribution in [2.45, 2.75) is 13.0 Å². The fourth-order valence-electron chi connectivity index (χ4n) is 0.941. The Kier molecular flexibility index (Phi) is 3.84. The van der Waals surface area contributed by atoms with Crippen molar-refractivity contribution >= 4 is 15.7 Å². The molecule has 0 aliphatic rings. The number of hydrogen-bond donors (Lipinski definition) is 2. The molecular formula is C8H13N3O3S. The number of aromatic amines is 1. The molecule has 2 N–H and O–H groups in total. The summed E-state index contributed by atoms with van der Waals surface area (Å²) in [7, 11) is -3.07. The topological polar surface area (TPSA) is 91.9 Å². The number of hydrogen-bond acceptors (Lipinski definition) is 4. The lowest BCUT2D eigenvalue weighted by molar-refractivity contribution is -0.120. The van der Waals surface area contributed by atoms with Crippen molar-refractivity contribution in [3.05, 3.63) is 18.0 Å². The van der Waals surface area contributed by atoms with Crippen molar-refractivity contribution in [2.75, 3.05) is 12.0 Å². The molecule has 7 heteroatoms. The van der Waals surface area contributed by atoms with E-state index < -0.39 is 9.84 Å². The monoisotopic (exact) mass is 231 g/mol. The molecule has 6 nitrogen and oxygen atoms in total. The van der Waals surface area contributed by atoms with Gasteiger partial charge in [-0.15, -0.1) is 0 Å². The predicted octanol–water partition coefficient (Wildman–Crippen LogP) is -0.539. The third kappa shape index (κ3) is 5.16. The predicted molar refractivity (Wildman–Crippen MR) is 54.8 cm³/mol. The highest BCUT2D eigenvalue weighted by atomic mass is 32.2. The highest BCUT2D eigenvalue weighted by Crippen LogP contribution is 1.94. The number of sulfone groups is 1. The summed E-state index contributed by atoms with van der Waals surface area (Å²) in [4.78, 5) is 11.2. The minimum Gasteiger partial charge on any atom is -0.352 e. The molecule has 0 aliphatic carbocycles. The molecule has 0 aromatic carbocycles. The van der Waals surface area contributed by atoms with Crippen LogP contribution in [0.4, 0.5) is 0 Å². The highest BCUT2D eigenvalue weighted by molar-refractivity contribution is 7.90. The number of H-pyrrole nitrogens is 1. The molecule has 0 aliphatic heterocycles. The van der Waals surface area contributed by atoms with Crippen LogP contribution in [0.2, 0.25) is 0 Å². The van der Waals surface area contributed by atoms with E-state index in [9.17, 15) is 13.2 Å². The molecule has 0 bridgehead atoms. The second-order valence-electron chi connectivity index (χ2n) is 3.26. The largest absolute Gasteiger partial charge is 0.352 e. The van der Waals surface area contributed by atoms with Crippen LogP contribution in [0.1, 0.15) is 12.0 Å². The van der Waals surface area contributed by atoms with Gasteiger partial charge in [0.1, 0.15) is 9.84 Å². The van der Waals surface area contributed by atoms with Crippen molar-refractivity contribution in [1.29, 1.82) is 0 Å². The fraction of sp³-hybridized carbons (Fsp3) is 0.500. The normalized spacial score (nSPS) is 11.3. The van der Waals surface area contributed by atoms with Gasteiger partial charge in [-0.3, -0.25) is 9.89 Å². The van der Waals surface area contributed by atoms with Crippen LogP contribution in [0.15, 0.2) is 12.4 Å². The van der Waals surface area contributed by atoms with Crippen molar-refractivity contribution in [2.24, 2.45) is 0 Å². The summed E-state index contributed by atoms with van der Waals surface area (Å²) in [5.41, 5.74) is 0.850. The summed E-state index contributed by atoms with van der Waals surface area (Å²) in [6.45, 7) is 0.360. The molecule has 15 heavy (non-hydrogen) atoms. The van der Waals surface area contributed by atoms with E-state index >= 15 is 0 Å². The molecule has 1 heterocycles. The second kappa shape index (κ2) is 4.92. The first kappa shape index (κ1) is 11.7. The van der Waals surface area contributed by atoms with Gasteiger partial charge in [0.15, 0.2) is 0 Å². The van der Waals surface area contributed by atoms with Gasteiger partial charge in [0.05, 0.1) is 11.9 Å². The third-order valence-electron chi connectivity index (χ3n) is 1.74. The molecule has 0 radical (unpaired) electrons. The summed E-state index contributed by atoms with van der Waals surface area (Å²) >= 11 is 0. The SMILES string of the molecule is CS(=O)(=O)CCC(=O)NCc1cn[nH]c1. The van der Waals surface area contributed by atoms with Crippen LogP contribution in [0, 0.1) is 0 Å². The molecule has 1 amide bonds. The Balaban J connectivity index is 2.25. The van der Waals surface area contributed by atoms with E-state index in [0.29, 0.717) is 6.54 Å². The summed E-state index contributed by atoms with van der Waals surface area (Å²) < 4.78 is 21.5. The van der Waals surface area contributed by atoms with Gasteiger partial charge in [-0.05, 0) is 0 Å². The molecular weight excluding hydrogens is 218 g/mol. The van der Waals surface area contributed by atoms with E-state index in [-0.39, 0.29) is 18.1 Å². The van der Waals surface area contributed by atoms with Crippen LogP contribution in [0.5, 0.6) is 0 Å². The van der Waals surface area contributed by atoms with Crippen LogP contribution in [0.3, 0.4) is 0 Å². The Bertz CT molecular complexity index is 410. The Morgan fingerprint density at radius 1 is 1.60 bits per heavy atom. The zero-order valence-corrected chi connectivity index (χ0v) is 9.17. The zero-order chi connectivity index (χ0) is 11.3. The lowest BCUT2D eigenvalue weighted by atomic mass is 10.3. The molecule has 0 unspecified atom stereocenters. The van der Waals surface area contributed by atoms with E-state index in [0.717, 1.165) is 11.8 Å². The minimum atomic E-state index is -3.07. The van der Waals surface area contributed by atoms with Crippen LogP contribution in [0.25, 0.3) is 0 Å². The second-order valence-corrected chi connectivity index (χ2v) is 5.52.